The van der Waals surface area contributed by atoms with Gasteiger partial charge in [-0.2, -0.15) is 5.10 Å². The van der Waals surface area contributed by atoms with Crippen LogP contribution in [-0.4, -0.2) is 29.4 Å². The number of rotatable bonds is 7. The van der Waals surface area contributed by atoms with Crippen molar-refractivity contribution in [1.29, 1.82) is 0 Å². The molecule has 0 fully saturated rings. The normalized spacial score (nSPS) is 10.9. The molecule has 0 aliphatic heterocycles. The first-order valence-corrected chi connectivity index (χ1v) is 8.71. The van der Waals surface area contributed by atoms with Crippen molar-refractivity contribution in [2.75, 3.05) is 18.6 Å². The molecule has 0 bridgehead atoms. The van der Waals surface area contributed by atoms with Gasteiger partial charge in [-0.25, -0.2) is 10.4 Å². The van der Waals surface area contributed by atoms with Gasteiger partial charge in [0.1, 0.15) is 0 Å². The number of benzene rings is 1. The fourth-order valence-electron chi connectivity index (χ4n) is 2.08. The maximum Gasteiger partial charge on any atom is 0.255 e. The van der Waals surface area contributed by atoms with Gasteiger partial charge >= 0.3 is 0 Å². The van der Waals surface area contributed by atoms with Crippen LogP contribution in [0.25, 0.3) is 0 Å². The van der Waals surface area contributed by atoms with Crippen LogP contribution in [0.1, 0.15) is 30.7 Å². The second-order valence-electron chi connectivity index (χ2n) is 5.19. The zero-order chi connectivity index (χ0) is 18.4. The Morgan fingerprint density at radius 3 is 2.64 bits per heavy atom. The van der Waals surface area contributed by atoms with E-state index in [0.29, 0.717) is 41.9 Å². The molecule has 25 heavy (non-hydrogen) atoms. The van der Waals surface area contributed by atoms with Gasteiger partial charge in [0.05, 0.1) is 23.9 Å². The zero-order valence-corrected chi connectivity index (χ0v) is 16.2. The van der Waals surface area contributed by atoms with E-state index in [1.807, 2.05) is 26.0 Å². The highest BCUT2D eigenvalue weighted by Gasteiger charge is 2.11. The highest BCUT2D eigenvalue weighted by Crippen LogP contribution is 2.36. The van der Waals surface area contributed by atoms with Crippen LogP contribution in [0.4, 0.5) is 5.95 Å². The van der Waals surface area contributed by atoms with Crippen molar-refractivity contribution in [2.24, 2.45) is 5.10 Å². The minimum Gasteiger partial charge on any atom is -0.490 e. The minimum atomic E-state index is -0.187. The molecule has 134 valence electrons. The standard InChI is InChI=1S/C17H21BrN4O3/c1-5-24-14-8-12(7-13(18)15(14)25-6-2)9-19-22-17-20-11(4)10(3)16(23)21-17/h7-9H,5-6H2,1-4H3,(H2,20,21,22,23)/b19-9-. The van der Waals surface area contributed by atoms with Gasteiger partial charge < -0.3 is 9.47 Å². The van der Waals surface area contributed by atoms with Crippen LogP contribution in [0, 0.1) is 13.8 Å². The SMILES string of the molecule is CCOc1cc(/C=N\Nc2nc(C)c(C)c(=O)[nH]2)cc(Br)c1OCC. The number of hydrogen-bond donors (Lipinski definition) is 2. The van der Waals surface area contributed by atoms with Gasteiger partial charge in [-0.3, -0.25) is 9.78 Å². The number of anilines is 1. The van der Waals surface area contributed by atoms with E-state index in [1.165, 1.54) is 0 Å². The van der Waals surface area contributed by atoms with Crippen LogP contribution in [0.3, 0.4) is 0 Å². The minimum absolute atomic E-state index is 0.187. The van der Waals surface area contributed by atoms with Crippen molar-refractivity contribution in [1.82, 2.24) is 9.97 Å². The van der Waals surface area contributed by atoms with Crippen molar-refractivity contribution in [2.45, 2.75) is 27.7 Å². The highest BCUT2D eigenvalue weighted by molar-refractivity contribution is 9.10. The van der Waals surface area contributed by atoms with Crippen molar-refractivity contribution in [3.8, 4) is 11.5 Å². The van der Waals surface area contributed by atoms with Crippen LogP contribution in [0.2, 0.25) is 0 Å². The second kappa shape index (κ2) is 8.66. The van der Waals surface area contributed by atoms with Crippen molar-refractivity contribution in [3.63, 3.8) is 0 Å². The van der Waals surface area contributed by atoms with Gasteiger partial charge in [0, 0.05) is 11.3 Å². The number of ether oxygens (including phenoxy) is 2. The van der Waals surface area contributed by atoms with Gasteiger partial charge in [0.25, 0.3) is 5.56 Å². The third-order valence-electron chi connectivity index (χ3n) is 3.40. The summed E-state index contributed by atoms with van der Waals surface area (Å²) in [6.45, 7) is 8.39. The molecule has 0 saturated heterocycles. The summed E-state index contributed by atoms with van der Waals surface area (Å²) in [5.74, 6) is 1.59. The molecular formula is C17H21BrN4O3. The Hall–Kier alpha value is -2.35. The summed E-state index contributed by atoms with van der Waals surface area (Å²) < 4.78 is 12.0. The molecule has 1 heterocycles. The number of aromatic nitrogens is 2. The number of nitrogens with one attached hydrogen (secondary N) is 2. The van der Waals surface area contributed by atoms with Gasteiger partial charge in [0.15, 0.2) is 11.5 Å². The van der Waals surface area contributed by atoms with E-state index >= 15 is 0 Å². The molecule has 2 N–H and O–H groups in total. The number of hydrazone groups is 1. The van der Waals surface area contributed by atoms with Crippen LogP contribution in [-0.2, 0) is 0 Å². The van der Waals surface area contributed by atoms with E-state index in [2.05, 4.69) is 36.4 Å². The first-order chi connectivity index (χ1) is 12.0. The second-order valence-corrected chi connectivity index (χ2v) is 6.05. The highest BCUT2D eigenvalue weighted by atomic mass is 79.9. The van der Waals surface area contributed by atoms with Crippen molar-refractivity contribution >= 4 is 28.1 Å². The summed E-state index contributed by atoms with van der Waals surface area (Å²) >= 11 is 3.49. The van der Waals surface area contributed by atoms with Crippen molar-refractivity contribution in [3.05, 3.63) is 43.8 Å². The van der Waals surface area contributed by atoms with Crippen LogP contribution >= 0.6 is 15.9 Å². The average Bonchev–Trinajstić information content (AvgIpc) is 2.56. The summed E-state index contributed by atoms with van der Waals surface area (Å²) in [6.07, 6.45) is 1.61. The molecule has 0 amide bonds. The maximum atomic E-state index is 11.7. The van der Waals surface area contributed by atoms with E-state index in [9.17, 15) is 4.79 Å². The molecule has 0 unspecified atom stereocenters. The third-order valence-corrected chi connectivity index (χ3v) is 3.99. The lowest BCUT2D eigenvalue weighted by atomic mass is 10.2. The molecule has 8 heteroatoms. The summed E-state index contributed by atoms with van der Waals surface area (Å²) in [5.41, 5.74) is 4.59. The van der Waals surface area contributed by atoms with E-state index in [-0.39, 0.29) is 5.56 Å². The Labute approximate surface area is 154 Å². The van der Waals surface area contributed by atoms with Crippen molar-refractivity contribution < 1.29 is 9.47 Å². The molecule has 0 aliphatic carbocycles. The number of halogens is 1. The Bertz CT molecular complexity index is 833. The molecule has 0 spiro atoms. The summed E-state index contributed by atoms with van der Waals surface area (Å²) in [5, 5.41) is 4.12. The van der Waals surface area contributed by atoms with E-state index < -0.39 is 0 Å². The molecule has 0 atom stereocenters. The molecule has 1 aromatic carbocycles. The van der Waals surface area contributed by atoms with Gasteiger partial charge in [-0.15, -0.1) is 0 Å². The largest absolute Gasteiger partial charge is 0.490 e. The predicted molar refractivity (Wildman–Crippen MR) is 102 cm³/mol. The lowest BCUT2D eigenvalue weighted by molar-refractivity contribution is 0.286. The van der Waals surface area contributed by atoms with Crippen LogP contribution < -0.4 is 20.5 Å². The lowest BCUT2D eigenvalue weighted by Crippen LogP contribution is -2.15. The predicted octanol–water partition coefficient (Wildman–Crippen LogP) is 3.39. The number of hydrogen-bond acceptors (Lipinski definition) is 6. The fourth-order valence-corrected chi connectivity index (χ4v) is 2.65. The topological polar surface area (TPSA) is 88.6 Å². The van der Waals surface area contributed by atoms with E-state index in [0.717, 1.165) is 10.0 Å². The Kier molecular flexibility index (Phi) is 6.58. The summed E-state index contributed by atoms with van der Waals surface area (Å²) in [4.78, 5) is 18.6. The van der Waals surface area contributed by atoms with Gasteiger partial charge in [-0.1, -0.05) is 0 Å². The zero-order valence-electron chi connectivity index (χ0n) is 14.6. The molecular weight excluding hydrogens is 388 g/mol. The molecule has 7 nitrogen and oxygen atoms in total. The Morgan fingerprint density at radius 2 is 2.00 bits per heavy atom. The molecule has 1 aromatic heterocycles. The molecule has 0 radical (unpaired) electrons. The smallest absolute Gasteiger partial charge is 0.255 e. The van der Waals surface area contributed by atoms with Gasteiger partial charge in [-0.05, 0) is 61.3 Å². The molecule has 2 aromatic rings. The van der Waals surface area contributed by atoms with E-state index in [4.69, 9.17) is 9.47 Å². The average molecular weight is 409 g/mol. The first-order valence-electron chi connectivity index (χ1n) is 7.92. The number of aryl methyl sites for hydroxylation is 1. The monoisotopic (exact) mass is 408 g/mol. The Balaban J connectivity index is 2.22. The van der Waals surface area contributed by atoms with Gasteiger partial charge in [0.2, 0.25) is 5.95 Å². The number of H-pyrrole nitrogens is 1. The van der Waals surface area contributed by atoms with Crippen LogP contribution in [0.15, 0.2) is 26.5 Å². The first kappa shape index (κ1) is 19.0. The number of nitrogens with zero attached hydrogens (tertiary/aromatic N) is 2. The fraction of sp³-hybridized carbons (Fsp3) is 0.353. The van der Waals surface area contributed by atoms with E-state index in [1.54, 1.807) is 20.1 Å². The van der Waals surface area contributed by atoms with Crippen LogP contribution in [0.5, 0.6) is 11.5 Å². The summed E-state index contributed by atoms with van der Waals surface area (Å²) in [7, 11) is 0. The third kappa shape index (κ3) is 4.82. The molecule has 0 aliphatic rings. The molecule has 0 saturated carbocycles. The maximum absolute atomic E-state index is 11.7. The summed E-state index contributed by atoms with van der Waals surface area (Å²) in [6, 6.07) is 3.70. The lowest BCUT2D eigenvalue weighted by Gasteiger charge is -2.13. The number of aromatic amines is 1. The quantitative estimate of drug-likeness (QED) is 0.541. The Morgan fingerprint density at radius 1 is 1.28 bits per heavy atom. The molecule has 2 rings (SSSR count).